The Kier molecular flexibility index (Phi) is 2.32. The van der Waals surface area contributed by atoms with Crippen LogP contribution < -0.4 is 4.94 Å². The number of aromatic nitrogens is 1. The molecular weight excluding hydrogens is 195 g/mol. The van der Waals surface area contributed by atoms with Crippen LogP contribution in [0.2, 0.25) is 0 Å². The third-order valence-electron chi connectivity index (χ3n) is 0.813. The predicted molar refractivity (Wildman–Crippen MR) is 35.7 cm³/mol. The quantitative estimate of drug-likeness (QED) is 0.687. The molecule has 1 aromatic heterocycles. The molecule has 0 atom stereocenters. The Balaban J connectivity index is 2.77. The van der Waals surface area contributed by atoms with Gasteiger partial charge in [-0.05, 0) is 0 Å². The van der Waals surface area contributed by atoms with E-state index in [0.29, 0.717) is 17.6 Å². The molecule has 1 rings (SSSR count). The highest BCUT2D eigenvalue weighted by atomic mass is 32.1. The van der Waals surface area contributed by atoms with Crippen LogP contribution in [0.4, 0.5) is 13.2 Å². The maximum Gasteiger partial charge on any atom is 0.414 e. The zero-order valence-electron chi connectivity index (χ0n) is 5.46. The van der Waals surface area contributed by atoms with Gasteiger partial charge in [0, 0.05) is 12.2 Å². The smallest absolute Gasteiger partial charge is 0.395 e. The van der Waals surface area contributed by atoms with Gasteiger partial charge in [0.05, 0.1) is 11.5 Å². The van der Waals surface area contributed by atoms with E-state index in [-0.39, 0.29) is 12.0 Å². The molecule has 0 amide bonds. The van der Waals surface area contributed by atoms with Gasteiger partial charge in [0.2, 0.25) is 5.89 Å². The van der Waals surface area contributed by atoms with Crippen LogP contribution in [-0.2, 0) is 0 Å². The van der Waals surface area contributed by atoms with E-state index >= 15 is 0 Å². The summed E-state index contributed by atoms with van der Waals surface area (Å²) in [6.07, 6.45) is -3.87. The molecule has 0 aliphatic carbocycles. The first-order valence-corrected chi connectivity index (χ1v) is 3.47. The van der Waals surface area contributed by atoms with Crippen molar-refractivity contribution in [2.75, 3.05) is 0 Å². The minimum atomic E-state index is -4.41. The highest BCUT2D eigenvalue weighted by Crippen LogP contribution is 2.17. The number of halogens is 3. The van der Waals surface area contributed by atoms with Gasteiger partial charge in [-0.15, -0.1) is 4.37 Å². The maximum atomic E-state index is 11.5. The second-order valence-electron chi connectivity index (χ2n) is 1.75. The number of allylic oxidation sites excluding steroid dienone is 1. The Morgan fingerprint density at radius 3 is 2.58 bits per heavy atom. The van der Waals surface area contributed by atoms with E-state index in [9.17, 15) is 18.0 Å². The molecule has 0 radical (unpaired) electrons. The lowest BCUT2D eigenvalue weighted by atomic mass is 10.5. The van der Waals surface area contributed by atoms with Crippen LogP contribution in [0.3, 0.4) is 0 Å². The minimum absolute atomic E-state index is 0.0506. The minimum Gasteiger partial charge on any atom is -0.395 e. The third kappa shape index (κ3) is 2.87. The lowest BCUT2D eigenvalue weighted by molar-refractivity contribution is -0.0791. The molecule has 1 aromatic rings. The number of alkyl halides is 3. The number of hydrogen-bond acceptors (Lipinski definition) is 4. The van der Waals surface area contributed by atoms with Crippen LogP contribution in [-0.4, -0.2) is 10.5 Å². The van der Waals surface area contributed by atoms with Crippen molar-refractivity contribution in [3.8, 4) is 0 Å². The largest absolute Gasteiger partial charge is 0.414 e. The van der Waals surface area contributed by atoms with Crippen molar-refractivity contribution in [3.05, 3.63) is 21.7 Å². The van der Waals surface area contributed by atoms with E-state index < -0.39 is 11.1 Å². The average molecular weight is 197 g/mol. The molecule has 0 spiro atoms. The van der Waals surface area contributed by atoms with Crippen molar-refractivity contribution in [3.63, 3.8) is 0 Å². The highest BCUT2D eigenvalue weighted by molar-refractivity contribution is 7.02. The first kappa shape index (κ1) is 8.98. The van der Waals surface area contributed by atoms with E-state index in [1.54, 1.807) is 0 Å². The lowest BCUT2D eigenvalue weighted by Crippen LogP contribution is -2.00. The van der Waals surface area contributed by atoms with Crippen LogP contribution in [0.5, 0.6) is 0 Å². The fraction of sp³-hybridized carbons (Fsp3) is 0.200. The van der Waals surface area contributed by atoms with E-state index in [1.807, 2.05) is 0 Å². The summed E-state index contributed by atoms with van der Waals surface area (Å²) in [5.41, 5.74) is 0. The van der Waals surface area contributed by atoms with Gasteiger partial charge in [-0.25, -0.2) is 4.79 Å². The average Bonchev–Trinajstić information content (AvgIpc) is 2.30. The SMILES string of the molecule is O=c1oc(/C=C/C(F)(F)F)ns1. The fourth-order valence-electron chi connectivity index (χ4n) is 0.435. The molecular formula is C5H2F3NO2S. The first-order valence-electron chi connectivity index (χ1n) is 2.70. The summed E-state index contributed by atoms with van der Waals surface area (Å²) < 4.78 is 42.1. The molecule has 66 valence electrons. The molecule has 0 saturated carbocycles. The molecule has 0 saturated heterocycles. The molecule has 3 nitrogen and oxygen atoms in total. The van der Waals surface area contributed by atoms with Gasteiger partial charge in [-0.2, -0.15) is 13.2 Å². The Morgan fingerprint density at radius 1 is 1.50 bits per heavy atom. The summed E-state index contributed by atoms with van der Waals surface area (Å²) in [6.45, 7) is 0. The van der Waals surface area contributed by atoms with Crippen LogP contribution in [0.1, 0.15) is 5.89 Å². The van der Waals surface area contributed by atoms with Gasteiger partial charge in [-0.1, -0.05) is 0 Å². The van der Waals surface area contributed by atoms with E-state index in [0.717, 1.165) is 0 Å². The molecule has 0 aromatic carbocycles. The molecule has 0 bridgehead atoms. The zero-order chi connectivity index (χ0) is 9.19. The molecule has 1 heterocycles. The lowest BCUT2D eigenvalue weighted by Gasteiger charge is -1.94. The van der Waals surface area contributed by atoms with Crippen LogP contribution in [0.25, 0.3) is 6.08 Å². The van der Waals surface area contributed by atoms with E-state index in [2.05, 4.69) is 8.79 Å². The van der Waals surface area contributed by atoms with Gasteiger partial charge >= 0.3 is 11.1 Å². The molecule has 0 N–H and O–H groups in total. The number of hydrogen-bond donors (Lipinski definition) is 0. The highest BCUT2D eigenvalue weighted by Gasteiger charge is 2.22. The van der Waals surface area contributed by atoms with Gasteiger partial charge in [0.25, 0.3) is 0 Å². The monoisotopic (exact) mass is 197 g/mol. The van der Waals surface area contributed by atoms with Gasteiger partial charge in [0.1, 0.15) is 0 Å². The summed E-state index contributed by atoms with van der Waals surface area (Å²) in [4.78, 5) is 9.56. The Bertz CT molecular complexity index is 337. The van der Waals surface area contributed by atoms with Crippen molar-refractivity contribution in [2.45, 2.75) is 6.18 Å². The molecule has 0 aliphatic heterocycles. The summed E-state index contributed by atoms with van der Waals surface area (Å²) in [6, 6.07) is 0. The second kappa shape index (κ2) is 3.10. The summed E-state index contributed by atoms with van der Waals surface area (Å²) >= 11 is 0.464. The zero-order valence-corrected chi connectivity index (χ0v) is 6.28. The molecule has 0 fully saturated rings. The van der Waals surface area contributed by atoms with E-state index in [1.165, 1.54) is 0 Å². The van der Waals surface area contributed by atoms with Gasteiger partial charge in [0.15, 0.2) is 0 Å². The first-order chi connectivity index (χ1) is 5.47. The van der Waals surface area contributed by atoms with Crippen LogP contribution in [0, 0.1) is 0 Å². The number of nitrogens with zero attached hydrogens (tertiary/aromatic N) is 1. The van der Waals surface area contributed by atoms with Gasteiger partial charge < -0.3 is 4.42 Å². The fourth-order valence-corrected chi connectivity index (χ4v) is 0.820. The van der Waals surface area contributed by atoms with Crippen molar-refractivity contribution in [2.24, 2.45) is 0 Å². The number of rotatable bonds is 1. The summed E-state index contributed by atoms with van der Waals surface area (Å²) in [5, 5.41) is 0. The summed E-state index contributed by atoms with van der Waals surface area (Å²) in [5.74, 6) is -0.331. The summed E-state index contributed by atoms with van der Waals surface area (Å²) in [7, 11) is 0. The van der Waals surface area contributed by atoms with Crippen LogP contribution in [0.15, 0.2) is 15.3 Å². The molecule has 7 heteroatoms. The van der Waals surface area contributed by atoms with E-state index in [4.69, 9.17) is 0 Å². The van der Waals surface area contributed by atoms with Crippen molar-refractivity contribution in [1.82, 2.24) is 4.37 Å². The van der Waals surface area contributed by atoms with Gasteiger partial charge in [-0.3, -0.25) is 0 Å². The normalized spacial score (nSPS) is 12.6. The van der Waals surface area contributed by atoms with Crippen molar-refractivity contribution < 1.29 is 17.6 Å². The topological polar surface area (TPSA) is 43.1 Å². The second-order valence-corrected chi connectivity index (χ2v) is 2.45. The third-order valence-corrected chi connectivity index (χ3v) is 1.32. The van der Waals surface area contributed by atoms with Crippen molar-refractivity contribution >= 4 is 17.6 Å². The molecule has 0 unspecified atom stereocenters. The van der Waals surface area contributed by atoms with Crippen molar-refractivity contribution in [1.29, 1.82) is 0 Å². The Hall–Kier alpha value is -1.11. The standard InChI is InChI=1S/C5H2F3NO2S/c6-5(7,8)2-1-3-9-12-4(10)11-3/h1-2H/b2-1+. The Labute approximate surface area is 68.3 Å². The maximum absolute atomic E-state index is 11.5. The molecule has 0 aliphatic rings. The Morgan fingerprint density at radius 2 is 2.17 bits per heavy atom. The van der Waals surface area contributed by atoms with Crippen LogP contribution >= 0.6 is 11.5 Å². The predicted octanol–water partition coefficient (Wildman–Crippen LogP) is 1.67. The molecule has 12 heavy (non-hydrogen) atoms.